The van der Waals surface area contributed by atoms with Gasteiger partial charge in [0.2, 0.25) is 0 Å². The van der Waals surface area contributed by atoms with Crippen LogP contribution in [0.2, 0.25) is 0 Å². The molecule has 1 aliphatic carbocycles. The zero-order valence-electron chi connectivity index (χ0n) is 21.5. The SMILES string of the molecule is CCOC(=O)C1CCCC(n2cc(-c3ccc4ccc(-c5ccccc5)nc4c3)c3c(N)ncnc32)CC1. The number of hydrogen-bond donors (Lipinski definition) is 1. The van der Waals surface area contributed by atoms with Crippen LogP contribution in [0.5, 0.6) is 0 Å². The van der Waals surface area contributed by atoms with Gasteiger partial charge in [0.05, 0.1) is 29.1 Å². The van der Waals surface area contributed by atoms with Gasteiger partial charge < -0.3 is 15.0 Å². The van der Waals surface area contributed by atoms with Crippen LogP contribution >= 0.6 is 0 Å². The van der Waals surface area contributed by atoms with Gasteiger partial charge in [-0.1, -0.05) is 55.0 Å². The van der Waals surface area contributed by atoms with E-state index in [1.807, 2.05) is 25.1 Å². The van der Waals surface area contributed by atoms with Gasteiger partial charge >= 0.3 is 5.97 Å². The molecule has 1 aliphatic rings. The normalized spacial score (nSPS) is 17.9. The number of carbonyl (C=O) groups is 1. The Morgan fingerprint density at radius 2 is 1.84 bits per heavy atom. The van der Waals surface area contributed by atoms with E-state index < -0.39 is 0 Å². The number of nitrogens with two attached hydrogens (primary N) is 1. The fraction of sp³-hybridized carbons (Fsp3) is 0.290. The van der Waals surface area contributed by atoms with Crippen molar-refractivity contribution >= 4 is 33.7 Å². The minimum absolute atomic E-state index is 0.0358. The number of ether oxygens (including phenoxy) is 1. The number of nitrogen functional groups attached to an aromatic ring is 1. The number of rotatable bonds is 5. The van der Waals surface area contributed by atoms with Crippen molar-refractivity contribution in [1.29, 1.82) is 0 Å². The third-order valence-corrected chi connectivity index (χ3v) is 7.66. The molecule has 2 N–H and O–H groups in total. The summed E-state index contributed by atoms with van der Waals surface area (Å²) in [6, 6.07) is 20.9. The number of aromatic nitrogens is 4. The predicted molar refractivity (Wildman–Crippen MR) is 150 cm³/mol. The number of hydrogen-bond acceptors (Lipinski definition) is 6. The van der Waals surface area contributed by atoms with Crippen LogP contribution in [-0.2, 0) is 9.53 Å². The zero-order valence-corrected chi connectivity index (χ0v) is 21.5. The van der Waals surface area contributed by atoms with Gasteiger partial charge in [-0.15, -0.1) is 0 Å². The lowest BCUT2D eigenvalue weighted by Crippen LogP contribution is -2.17. The Morgan fingerprint density at radius 3 is 2.68 bits per heavy atom. The molecule has 0 spiro atoms. The van der Waals surface area contributed by atoms with Crippen molar-refractivity contribution in [2.24, 2.45) is 5.92 Å². The summed E-state index contributed by atoms with van der Waals surface area (Å²) in [5, 5.41) is 1.94. The molecule has 38 heavy (non-hydrogen) atoms. The summed E-state index contributed by atoms with van der Waals surface area (Å²) in [5.41, 5.74) is 12.2. The first-order chi connectivity index (χ1) is 18.6. The van der Waals surface area contributed by atoms with Crippen LogP contribution in [0.25, 0.3) is 44.3 Å². The van der Waals surface area contributed by atoms with E-state index in [9.17, 15) is 4.79 Å². The molecule has 7 nitrogen and oxygen atoms in total. The van der Waals surface area contributed by atoms with Crippen molar-refractivity contribution in [3.63, 3.8) is 0 Å². The van der Waals surface area contributed by atoms with Crippen molar-refractivity contribution in [2.45, 2.75) is 45.1 Å². The van der Waals surface area contributed by atoms with Crippen LogP contribution in [0.4, 0.5) is 5.82 Å². The first-order valence-corrected chi connectivity index (χ1v) is 13.4. The van der Waals surface area contributed by atoms with Gasteiger partial charge in [-0.05, 0) is 50.3 Å². The van der Waals surface area contributed by atoms with Gasteiger partial charge in [0.1, 0.15) is 17.8 Å². The largest absolute Gasteiger partial charge is 0.466 e. The van der Waals surface area contributed by atoms with E-state index in [1.54, 1.807) is 0 Å². The molecular weight excluding hydrogens is 474 g/mol. The smallest absolute Gasteiger partial charge is 0.308 e. The summed E-state index contributed by atoms with van der Waals surface area (Å²) in [4.78, 5) is 26.3. The highest BCUT2D eigenvalue weighted by Crippen LogP contribution is 2.39. The number of nitrogens with zero attached hydrogens (tertiary/aromatic N) is 4. The van der Waals surface area contributed by atoms with Gasteiger partial charge in [0, 0.05) is 28.8 Å². The van der Waals surface area contributed by atoms with Crippen molar-refractivity contribution in [3.8, 4) is 22.4 Å². The lowest BCUT2D eigenvalue weighted by molar-refractivity contribution is -0.148. The number of benzene rings is 2. The molecule has 2 unspecified atom stereocenters. The minimum atomic E-state index is -0.0729. The summed E-state index contributed by atoms with van der Waals surface area (Å²) in [7, 11) is 0. The number of fused-ring (bicyclic) bond motifs is 2. The Morgan fingerprint density at radius 1 is 1.00 bits per heavy atom. The van der Waals surface area contributed by atoms with Crippen LogP contribution < -0.4 is 5.73 Å². The average Bonchev–Trinajstić information content (AvgIpc) is 3.17. The van der Waals surface area contributed by atoms with Crippen molar-refractivity contribution in [1.82, 2.24) is 19.5 Å². The molecule has 0 radical (unpaired) electrons. The second kappa shape index (κ2) is 10.2. The van der Waals surface area contributed by atoms with E-state index in [0.717, 1.165) is 76.4 Å². The van der Waals surface area contributed by atoms with Crippen molar-refractivity contribution in [2.75, 3.05) is 12.3 Å². The second-order valence-corrected chi connectivity index (χ2v) is 9.99. The van der Waals surface area contributed by atoms with Crippen LogP contribution in [0.1, 0.15) is 45.1 Å². The molecule has 0 saturated heterocycles. The van der Waals surface area contributed by atoms with Crippen LogP contribution in [0.15, 0.2) is 73.2 Å². The lowest BCUT2D eigenvalue weighted by atomic mass is 10.0. The molecule has 5 aromatic rings. The van der Waals surface area contributed by atoms with Gasteiger partial charge in [0.25, 0.3) is 0 Å². The highest BCUT2D eigenvalue weighted by molar-refractivity contribution is 6.02. The quantitative estimate of drug-likeness (QED) is 0.214. The number of anilines is 1. The highest BCUT2D eigenvalue weighted by Gasteiger charge is 2.27. The molecule has 2 aromatic carbocycles. The molecule has 6 rings (SSSR count). The van der Waals surface area contributed by atoms with Crippen molar-refractivity contribution < 1.29 is 9.53 Å². The zero-order chi connectivity index (χ0) is 26.1. The van der Waals surface area contributed by atoms with Gasteiger partial charge in [-0.3, -0.25) is 4.79 Å². The Hall–Kier alpha value is -4.26. The monoisotopic (exact) mass is 505 g/mol. The Balaban J connectivity index is 1.40. The van der Waals surface area contributed by atoms with E-state index >= 15 is 0 Å². The summed E-state index contributed by atoms with van der Waals surface area (Å²) in [6.45, 7) is 2.29. The summed E-state index contributed by atoms with van der Waals surface area (Å²) in [6.07, 6.45) is 8.18. The highest BCUT2D eigenvalue weighted by atomic mass is 16.5. The molecule has 0 amide bonds. The van der Waals surface area contributed by atoms with E-state index in [1.165, 1.54) is 6.33 Å². The van der Waals surface area contributed by atoms with E-state index in [0.29, 0.717) is 12.4 Å². The number of pyridine rings is 1. The van der Waals surface area contributed by atoms with Gasteiger partial charge in [-0.2, -0.15) is 0 Å². The summed E-state index contributed by atoms with van der Waals surface area (Å²) >= 11 is 0. The third-order valence-electron chi connectivity index (χ3n) is 7.66. The van der Waals surface area contributed by atoms with Gasteiger partial charge in [-0.25, -0.2) is 15.0 Å². The van der Waals surface area contributed by atoms with Crippen LogP contribution in [0.3, 0.4) is 0 Å². The molecule has 0 bridgehead atoms. The average molecular weight is 506 g/mol. The minimum Gasteiger partial charge on any atom is -0.466 e. The Kier molecular flexibility index (Phi) is 6.50. The maximum absolute atomic E-state index is 12.4. The van der Waals surface area contributed by atoms with Crippen LogP contribution in [0, 0.1) is 5.92 Å². The molecule has 3 heterocycles. The van der Waals surface area contributed by atoms with Gasteiger partial charge in [0.15, 0.2) is 0 Å². The van der Waals surface area contributed by atoms with Crippen molar-refractivity contribution in [3.05, 3.63) is 73.2 Å². The fourth-order valence-electron chi connectivity index (χ4n) is 5.72. The summed E-state index contributed by atoms with van der Waals surface area (Å²) in [5.74, 6) is 0.357. The Bertz CT molecular complexity index is 1610. The fourth-order valence-corrected chi connectivity index (χ4v) is 5.72. The van der Waals surface area contributed by atoms with E-state index in [4.69, 9.17) is 15.5 Å². The molecule has 1 saturated carbocycles. The topological polar surface area (TPSA) is 95.9 Å². The standard InChI is InChI=1S/C31H31N5O2/c1-2-38-31(37)22-9-6-10-24(15-13-22)36-18-25(28-29(32)33-19-34-30(28)36)23-12-11-21-14-16-26(35-27(21)17-23)20-7-4-3-5-8-20/h3-5,7-8,11-12,14,16-19,22,24H,2,6,9-10,13,15H2,1H3,(H2,32,33,34). The van der Waals surface area contributed by atoms with E-state index in [2.05, 4.69) is 63.2 Å². The summed E-state index contributed by atoms with van der Waals surface area (Å²) < 4.78 is 7.55. The maximum Gasteiger partial charge on any atom is 0.308 e. The maximum atomic E-state index is 12.4. The molecular formula is C31H31N5O2. The first kappa shape index (κ1) is 24.1. The number of carbonyl (C=O) groups excluding carboxylic acids is 1. The van der Waals surface area contributed by atoms with E-state index in [-0.39, 0.29) is 17.9 Å². The molecule has 192 valence electrons. The lowest BCUT2D eigenvalue weighted by Gasteiger charge is -2.17. The molecule has 3 aromatic heterocycles. The van der Waals surface area contributed by atoms with Crippen LogP contribution in [-0.4, -0.2) is 32.1 Å². The molecule has 0 aliphatic heterocycles. The molecule has 2 atom stereocenters. The molecule has 1 fully saturated rings. The third kappa shape index (κ3) is 4.49. The molecule has 7 heteroatoms. The predicted octanol–water partition coefficient (Wildman–Crippen LogP) is 6.58. The number of esters is 1. The second-order valence-electron chi connectivity index (χ2n) is 9.99. The Labute approximate surface area is 221 Å². The first-order valence-electron chi connectivity index (χ1n) is 13.4.